The van der Waals surface area contributed by atoms with Crippen molar-refractivity contribution in [3.05, 3.63) is 29.3 Å². The van der Waals surface area contributed by atoms with Crippen LogP contribution in [0.25, 0.3) is 0 Å². The predicted molar refractivity (Wildman–Crippen MR) is 78.7 cm³/mol. The summed E-state index contributed by atoms with van der Waals surface area (Å²) in [6.07, 6.45) is 8.78. The molecule has 18 heavy (non-hydrogen) atoms. The minimum atomic E-state index is 0.687. The molecule has 0 heterocycles. The molecule has 98 valence electrons. The third-order valence-corrected chi connectivity index (χ3v) is 3.96. The molecule has 2 heteroatoms. The van der Waals surface area contributed by atoms with Crippen LogP contribution in [0.2, 0.25) is 0 Å². The molecule has 1 aromatic carbocycles. The number of hydrogen-bond acceptors (Lipinski definition) is 1. The Balaban J connectivity index is 2.05. The Morgan fingerprint density at radius 2 is 1.72 bits per heavy atom. The minimum Gasteiger partial charge on any atom is -0.363 e. The molecule has 0 saturated heterocycles. The van der Waals surface area contributed by atoms with Gasteiger partial charge in [0, 0.05) is 13.1 Å². The van der Waals surface area contributed by atoms with Gasteiger partial charge in [0.1, 0.15) is 0 Å². The van der Waals surface area contributed by atoms with Crippen molar-refractivity contribution in [2.75, 3.05) is 7.05 Å². The quantitative estimate of drug-likeness (QED) is 0.574. The first-order chi connectivity index (χ1) is 8.68. The van der Waals surface area contributed by atoms with Crippen molar-refractivity contribution in [2.45, 2.75) is 52.0 Å². The fraction of sp³-hybridized carbons (Fsp3) is 0.562. The molecule has 0 aromatic heterocycles. The standard InChI is InChI=1S/C16H24N2/c1-13-8-7-9-14(2)16(13)17-12-18(3)15-10-5-4-6-11-15/h7-9,12,15H,4-6,10-11H2,1-3H3. The largest absolute Gasteiger partial charge is 0.363 e. The van der Waals surface area contributed by atoms with Gasteiger partial charge in [-0.15, -0.1) is 0 Å². The molecule has 1 aliphatic carbocycles. The number of aryl methyl sites for hydroxylation is 2. The van der Waals surface area contributed by atoms with Crippen molar-refractivity contribution in [2.24, 2.45) is 4.99 Å². The second-order valence-corrected chi connectivity index (χ2v) is 5.44. The molecule has 0 unspecified atom stereocenters. The van der Waals surface area contributed by atoms with Gasteiger partial charge in [0.05, 0.1) is 12.0 Å². The van der Waals surface area contributed by atoms with E-state index in [1.54, 1.807) is 0 Å². The van der Waals surface area contributed by atoms with E-state index in [0.29, 0.717) is 6.04 Å². The zero-order valence-corrected chi connectivity index (χ0v) is 11.8. The van der Waals surface area contributed by atoms with Crippen LogP contribution >= 0.6 is 0 Å². The molecule has 2 nitrogen and oxygen atoms in total. The third-order valence-electron chi connectivity index (χ3n) is 3.96. The first-order valence-electron chi connectivity index (χ1n) is 7.01. The van der Waals surface area contributed by atoms with E-state index in [-0.39, 0.29) is 0 Å². The van der Waals surface area contributed by atoms with Gasteiger partial charge in [0.25, 0.3) is 0 Å². The van der Waals surface area contributed by atoms with Crippen LogP contribution in [-0.2, 0) is 0 Å². The number of benzene rings is 1. The smallest absolute Gasteiger partial charge is 0.0912 e. The molecule has 0 aliphatic heterocycles. The van der Waals surface area contributed by atoms with Crippen LogP contribution in [0.1, 0.15) is 43.2 Å². The fourth-order valence-corrected chi connectivity index (χ4v) is 2.74. The molecule has 0 atom stereocenters. The van der Waals surface area contributed by atoms with Crippen LogP contribution in [-0.4, -0.2) is 24.3 Å². The van der Waals surface area contributed by atoms with Gasteiger partial charge in [-0.2, -0.15) is 0 Å². The number of para-hydroxylation sites is 1. The Morgan fingerprint density at radius 1 is 1.11 bits per heavy atom. The molecular weight excluding hydrogens is 220 g/mol. The second-order valence-electron chi connectivity index (χ2n) is 5.44. The summed E-state index contributed by atoms with van der Waals surface area (Å²) < 4.78 is 0. The molecule has 0 amide bonds. The van der Waals surface area contributed by atoms with Gasteiger partial charge in [-0.3, -0.25) is 0 Å². The average Bonchev–Trinajstić information content (AvgIpc) is 2.39. The normalized spacial score (nSPS) is 17.3. The Morgan fingerprint density at radius 3 is 2.33 bits per heavy atom. The fourth-order valence-electron chi connectivity index (χ4n) is 2.74. The minimum absolute atomic E-state index is 0.687. The molecule has 0 N–H and O–H groups in total. The Labute approximate surface area is 111 Å². The summed E-state index contributed by atoms with van der Waals surface area (Å²) in [4.78, 5) is 6.98. The topological polar surface area (TPSA) is 15.6 Å². The predicted octanol–water partition coefficient (Wildman–Crippen LogP) is 4.23. The molecule has 0 spiro atoms. The highest BCUT2D eigenvalue weighted by Crippen LogP contribution is 2.24. The summed E-state index contributed by atoms with van der Waals surface area (Å²) in [6.45, 7) is 4.25. The Hall–Kier alpha value is -1.31. The lowest BCUT2D eigenvalue weighted by molar-refractivity contribution is 0.284. The van der Waals surface area contributed by atoms with E-state index < -0.39 is 0 Å². The number of hydrogen-bond donors (Lipinski definition) is 0. The average molecular weight is 244 g/mol. The van der Waals surface area contributed by atoms with E-state index in [2.05, 4.69) is 49.0 Å². The lowest BCUT2D eigenvalue weighted by Crippen LogP contribution is -2.32. The maximum Gasteiger partial charge on any atom is 0.0912 e. The molecular formula is C16H24N2. The molecule has 1 aliphatic rings. The molecule has 0 radical (unpaired) electrons. The van der Waals surface area contributed by atoms with Gasteiger partial charge in [-0.1, -0.05) is 37.5 Å². The summed E-state index contributed by atoms with van der Waals surface area (Å²) in [5.74, 6) is 0. The van der Waals surface area contributed by atoms with Crippen LogP contribution in [0.4, 0.5) is 5.69 Å². The van der Waals surface area contributed by atoms with Crippen molar-refractivity contribution in [3.8, 4) is 0 Å². The maximum absolute atomic E-state index is 4.68. The monoisotopic (exact) mass is 244 g/mol. The summed E-state index contributed by atoms with van der Waals surface area (Å²) in [7, 11) is 2.16. The van der Waals surface area contributed by atoms with E-state index in [1.165, 1.54) is 43.2 Å². The van der Waals surface area contributed by atoms with E-state index in [1.807, 2.05) is 6.34 Å². The van der Waals surface area contributed by atoms with Crippen LogP contribution in [0.5, 0.6) is 0 Å². The Bertz CT molecular complexity index is 397. The van der Waals surface area contributed by atoms with Crippen LogP contribution in [0.3, 0.4) is 0 Å². The van der Waals surface area contributed by atoms with Crippen molar-refractivity contribution >= 4 is 12.0 Å². The first-order valence-corrected chi connectivity index (χ1v) is 7.01. The molecule has 2 rings (SSSR count). The van der Waals surface area contributed by atoms with Gasteiger partial charge in [-0.25, -0.2) is 4.99 Å². The van der Waals surface area contributed by atoms with Crippen molar-refractivity contribution in [3.63, 3.8) is 0 Å². The van der Waals surface area contributed by atoms with Gasteiger partial charge >= 0.3 is 0 Å². The summed E-state index contributed by atoms with van der Waals surface area (Å²) in [5, 5.41) is 0. The number of nitrogens with zero attached hydrogens (tertiary/aromatic N) is 2. The molecule has 0 bridgehead atoms. The van der Waals surface area contributed by atoms with Gasteiger partial charge in [0.2, 0.25) is 0 Å². The lowest BCUT2D eigenvalue weighted by atomic mass is 9.95. The first kappa shape index (κ1) is 13.1. The van der Waals surface area contributed by atoms with Crippen molar-refractivity contribution in [1.29, 1.82) is 0 Å². The molecule has 1 saturated carbocycles. The third kappa shape index (κ3) is 3.12. The molecule has 1 fully saturated rings. The summed E-state index contributed by atoms with van der Waals surface area (Å²) >= 11 is 0. The number of aliphatic imine (C=N–C) groups is 1. The van der Waals surface area contributed by atoms with Gasteiger partial charge < -0.3 is 4.90 Å². The highest BCUT2D eigenvalue weighted by Gasteiger charge is 2.15. The van der Waals surface area contributed by atoms with Crippen molar-refractivity contribution < 1.29 is 0 Å². The SMILES string of the molecule is Cc1cccc(C)c1N=CN(C)C1CCCCC1. The highest BCUT2D eigenvalue weighted by molar-refractivity contribution is 5.65. The van der Waals surface area contributed by atoms with E-state index in [0.717, 1.165) is 5.69 Å². The van der Waals surface area contributed by atoms with Crippen LogP contribution in [0.15, 0.2) is 23.2 Å². The van der Waals surface area contributed by atoms with Crippen LogP contribution < -0.4 is 0 Å². The van der Waals surface area contributed by atoms with Crippen molar-refractivity contribution in [1.82, 2.24) is 4.90 Å². The van der Waals surface area contributed by atoms with Gasteiger partial charge in [0.15, 0.2) is 0 Å². The second kappa shape index (κ2) is 6.03. The molecule has 1 aromatic rings. The van der Waals surface area contributed by atoms with E-state index >= 15 is 0 Å². The van der Waals surface area contributed by atoms with Crippen LogP contribution in [0, 0.1) is 13.8 Å². The zero-order valence-electron chi connectivity index (χ0n) is 11.8. The lowest BCUT2D eigenvalue weighted by Gasteiger charge is -2.29. The summed E-state index contributed by atoms with van der Waals surface area (Å²) in [5.41, 5.74) is 3.63. The zero-order chi connectivity index (χ0) is 13.0. The van der Waals surface area contributed by atoms with Gasteiger partial charge in [-0.05, 0) is 37.8 Å². The van der Waals surface area contributed by atoms with E-state index in [9.17, 15) is 0 Å². The maximum atomic E-state index is 4.68. The van der Waals surface area contributed by atoms with E-state index in [4.69, 9.17) is 0 Å². The number of rotatable bonds is 3. The Kier molecular flexibility index (Phi) is 4.40. The highest BCUT2D eigenvalue weighted by atomic mass is 15.1. The summed E-state index contributed by atoms with van der Waals surface area (Å²) in [6, 6.07) is 7.03.